The zero-order valence-electron chi connectivity index (χ0n) is 11.0. The Morgan fingerprint density at radius 1 is 1.53 bits per heavy atom. The summed E-state index contributed by atoms with van der Waals surface area (Å²) in [7, 11) is 0. The number of likely N-dealkylation sites (tertiary alicyclic amines) is 1. The van der Waals surface area contributed by atoms with Crippen LogP contribution < -0.4 is 11.1 Å². The van der Waals surface area contributed by atoms with Crippen molar-refractivity contribution in [1.82, 2.24) is 10.2 Å². The first-order valence-corrected chi connectivity index (χ1v) is 7.25. The molecule has 0 radical (unpaired) electrons. The van der Waals surface area contributed by atoms with Gasteiger partial charge in [0.05, 0.1) is 12.5 Å². The first-order chi connectivity index (χ1) is 9.06. The molecule has 1 unspecified atom stereocenters. The van der Waals surface area contributed by atoms with Gasteiger partial charge in [-0.2, -0.15) is 0 Å². The van der Waals surface area contributed by atoms with Gasteiger partial charge < -0.3 is 16.0 Å². The van der Waals surface area contributed by atoms with E-state index in [-0.39, 0.29) is 11.8 Å². The van der Waals surface area contributed by atoms with E-state index in [1.165, 1.54) is 4.88 Å². The van der Waals surface area contributed by atoms with E-state index in [2.05, 4.69) is 5.32 Å². The Labute approximate surface area is 116 Å². The molecule has 104 valence electrons. The molecule has 1 saturated heterocycles. The number of amides is 3. The van der Waals surface area contributed by atoms with Crippen molar-refractivity contribution in [2.75, 3.05) is 13.1 Å². The van der Waals surface area contributed by atoms with Gasteiger partial charge in [0.1, 0.15) is 0 Å². The van der Waals surface area contributed by atoms with Gasteiger partial charge in [-0.25, -0.2) is 4.79 Å². The fourth-order valence-electron chi connectivity index (χ4n) is 2.29. The highest BCUT2D eigenvalue weighted by Gasteiger charge is 2.27. The fourth-order valence-corrected chi connectivity index (χ4v) is 3.12. The molecule has 19 heavy (non-hydrogen) atoms. The third kappa shape index (κ3) is 3.70. The molecular formula is C13H19N3O2S. The molecule has 0 saturated carbocycles. The van der Waals surface area contributed by atoms with Crippen LogP contribution in [0.2, 0.25) is 0 Å². The summed E-state index contributed by atoms with van der Waals surface area (Å²) in [6, 6.07) is 3.63. The lowest BCUT2D eigenvalue weighted by atomic mass is 9.97. The van der Waals surface area contributed by atoms with E-state index < -0.39 is 6.03 Å². The van der Waals surface area contributed by atoms with Crippen LogP contribution in [-0.2, 0) is 11.3 Å². The molecule has 1 aromatic heterocycles. The zero-order chi connectivity index (χ0) is 13.8. The normalized spacial score (nSPS) is 19.2. The van der Waals surface area contributed by atoms with Crippen molar-refractivity contribution in [2.24, 2.45) is 11.7 Å². The van der Waals surface area contributed by atoms with Crippen LogP contribution in [0.25, 0.3) is 0 Å². The summed E-state index contributed by atoms with van der Waals surface area (Å²) in [4.78, 5) is 27.1. The summed E-state index contributed by atoms with van der Waals surface area (Å²) >= 11 is 1.68. The number of thiophene rings is 1. The van der Waals surface area contributed by atoms with Gasteiger partial charge in [0.2, 0.25) is 5.91 Å². The number of carbonyl (C=O) groups is 2. The number of nitrogens with zero attached hydrogens (tertiary/aromatic N) is 1. The summed E-state index contributed by atoms with van der Waals surface area (Å²) in [6.45, 7) is 3.69. The Morgan fingerprint density at radius 3 is 2.95 bits per heavy atom. The molecule has 6 heteroatoms. The Bertz CT molecular complexity index is 472. The number of hydrogen-bond donors (Lipinski definition) is 2. The lowest BCUT2D eigenvalue weighted by Gasteiger charge is -2.30. The Kier molecular flexibility index (Phi) is 4.42. The van der Waals surface area contributed by atoms with Crippen LogP contribution in [0.3, 0.4) is 0 Å². The second kappa shape index (κ2) is 6.06. The fraction of sp³-hybridized carbons (Fsp3) is 0.538. The summed E-state index contributed by atoms with van der Waals surface area (Å²) in [5.74, 6) is -0.126. The van der Waals surface area contributed by atoms with Crippen molar-refractivity contribution < 1.29 is 9.59 Å². The molecule has 2 heterocycles. The van der Waals surface area contributed by atoms with Crippen molar-refractivity contribution in [3.63, 3.8) is 0 Å². The molecule has 0 aromatic carbocycles. The van der Waals surface area contributed by atoms with Crippen molar-refractivity contribution in [3.05, 3.63) is 21.9 Å². The third-order valence-electron chi connectivity index (χ3n) is 3.34. The summed E-state index contributed by atoms with van der Waals surface area (Å²) in [6.07, 6.45) is 1.65. The number of hydrogen-bond acceptors (Lipinski definition) is 3. The SMILES string of the molecule is Cc1ccc(CNC(=O)C2CCCN(C(N)=O)C2)s1. The lowest BCUT2D eigenvalue weighted by Crippen LogP contribution is -2.47. The van der Waals surface area contributed by atoms with Crippen molar-refractivity contribution in [3.8, 4) is 0 Å². The molecule has 1 atom stereocenters. The van der Waals surface area contributed by atoms with Crippen molar-refractivity contribution >= 4 is 23.3 Å². The first-order valence-electron chi connectivity index (χ1n) is 6.43. The number of primary amides is 1. The van der Waals surface area contributed by atoms with E-state index in [1.54, 1.807) is 16.2 Å². The van der Waals surface area contributed by atoms with Crippen LogP contribution in [0.1, 0.15) is 22.6 Å². The lowest BCUT2D eigenvalue weighted by molar-refractivity contribution is -0.126. The predicted octanol–water partition coefficient (Wildman–Crippen LogP) is 1.46. The zero-order valence-corrected chi connectivity index (χ0v) is 11.8. The van der Waals surface area contributed by atoms with E-state index in [0.29, 0.717) is 19.6 Å². The molecule has 1 fully saturated rings. The Hall–Kier alpha value is -1.56. The maximum Gasteiger partial charge on any atom is 0.314 e. The Balaban J connectivity index is 1.84. The maximum absolute atomic E-state index is 12.1. The number of nitrogens with two attached hydrogens (primary N) is 1. The average Bonchev–Trinajstić information content (AvgIpc) is 2.82. The molecule has 3 amide bonds. The van der Waals surface area contributed by atoms with E-state index in [1.807, 2.05) is 19.1 Å². The number of nitrogens with one attached hydrogen (secondary N) is 1. The molecule has 0 spiro atoms. The Morgan fingerprint density at radius 2 is 2.32 bits per heavy atom. The van der Waals surface area contributed by atoms with Gasteiger partial charge in [-0.3, -0.25) is 4.79 Å². The molecule has 2 rings (SSSR count). The minimum Gasteiger partial charge on any atom is -0.351 e. The van der Waals surface area contributed by atoms with Gasteiger partial charge in [0.15, 0.2) is 0 Å². The van der Waals surface area contributed by atoms with Gasteiger partial charge >= 0.3 is 6.03 Å². The van der Waals surface area contributed by atoms with Crippen molar-refractivity contribution in [2.45, 2.75) is 26.3 Å². The number of piperidine rings is 1. The standard InChI is InChI=1S/C13H19N3O2S/c1-9-4-5-11(19-9)7-15-12(17)10-3-2-6-16(8-10)13(14)18/h4-5,10H,2-3,6-8H2,1H3,(H2,14,18)(H,15,17). The second-order valence-corrected chi connectivity index (χ2v) is 6.23. The maximum atomic E-state index is 12.1. The van der Waals surface area contributed by atoms with Gasteiger partial charge in [0.25, 0.3) is 0 Å². The largest absolute Gasteiger partial charge is 0.351 e. The van der Waals surface area contributed by atoms with E-state index in [9.17, 15) is 9.59 Å². The van der Waals surface area contributed by atoms with Crippen LogP contribution in [-0.4, -0.2) is 29.9 Å². The molecule has 0 aliphatic carbocycles. The van der Waals surface area contributed by atoms with Gasteiger partial charge in [-0.15, -0.1) is 11.3 Å². The smallest absolute Gasteiger partial charge is 0.314 e. The van der Waals surface area contributed by atoms with Crippen molar-refractivity contribution in [1.29, 1.82) is 0 Å². The topological polar surface area (TPSA) is 75.4 Å². The minimum absolute atomic E-state index is 0.0111. The van der Waals surface area contributed by atoms with Crippen LogP contribution in [0, 0.1) is 12.8 Å². The monoisotopic (exact) mass is 281 g/mol. The molecule has 5 nitrogen and oxygen atoms in total. The molecular weight excluding hydrogens is 262 g/mol. The molecule has 3 N–H and O–H groups in total. The van der Waals surface area contributed by atoms with Crippen LogP contribution >= 0.6 is 11.3 Å². The highest BCUT2D eigenvalue weighted by atomic mass is 32.1. The summed E-state index contributed by atoms with van der Waals surface area (Å²) < 4.78 is 0. The van der Waals surface area contributed by atoms with E-state index >= 15 is 0 Å². The van der Waals surface area contributed by atoms with E-state index in [4.69, 9.17) is 5.73 Å². The van der Waals surface area contributed by atoms with Crippen LogP contribution in [0.4, 0.5) is 4.79 Å². The molecule has 1 aliphatic heterocycles. The summed E-state index contributed by atoms with van der Waals surface area (Å²) in [5.41, 5.74) is 5.25. The first kappa shape index (κ1) is 13.9. The number of urea groups is 1. The van der Waals surface area contributed by atoms with Gasteiger partial charge in [-0.1, -0.05) is 0 Å². The van der Waals surface area contributed by atoms with Crippen LogP contribution in [0.5, 0.6) is 0 Å². The number of carbonyl (C=O) groups excluding carboxylic acids is 2. The molecule has 1 aromatic rings. The van der Waals surface area contributed by atoms with E-state index in [0.717, 1.165) is 17.7 Å². The van der Waals surface area contributed by atoms with Gasteiger partial charge in [-0.05, 0) is 31.9 Å². The second-order valence-electron chi connectivity index (χ2n) is 4.85. The van der Waals surface area contributed by atoms with Crippen LogP contribution in [0.15, 0.2) is 12.1 Å². The summed E-state index contributed by atoms with van der Waals surface area (Å²) in [5, 5.41) is 2.93. The third-order valence-corrected chi connectivity index (χ3v) is 4.34. The number of aryl methyl sites for hydroxylation is 1. The molecule has 1 aliphatic rings. The highest BCUT2D eigenvalue weighted by molar-refractivity contribution is 7.11. The quantitative estimate of drug-likeness (QED) is 0.880. The van der Waals surface area contributed by atoms with Gasteiger partial charge in [0, 0.05) is 22.8 Å². The number of rotatable bonds is 3. The predicted molar refractivity (Wildman–Crippen MR) is 74.8 cm³/mol. The molecule has 0 bridgehead atoms. The highest BCUT2D eigenvalue weighted by Crippen LogP contribution is 2.18. The average molecular weight is 281 g/mol. The minimum atomic E-state index is -0.439.